The van der Waals surface area contributed by atoms with E-state index in [2.05, 4.69) is 20.5 Å². The summed E-state index contributed by atoms with van der Waals surface area (Å²) in [5.41, 5.74) is 2.61. The van der Waals surface area contributed by atoms with Crippen molar-refractivity contribution in [3.05, 3.63) is 70.6 Å². The number of nitrogens with one attached hydrogen (secondary N) is 2. The van der Waals surface area contributed by atoms with Crippen molar-refractivity contribution >= 4 is 28.3 Å². The first-order valence-corrected chi connectivity index (χ1v) is 12.2. The second-order valence-corrected chi connectivity index (χ2v) is 9.65. The molecule has 2 aliphatic carbocycles. The van der Waals surface area contributed by atoms with Crippen LogP contribution in [0, 0.1) is 11.6 Å². The SMILES string of the molecule is O=C(CN(Cc1ccc(C(=O)NC2CC2)cc1)C1CC1)Nc1nc(-c2ccc(F)c(F)c2)cs1. The van der Waals surface area contributed by atoms with E-state index in [1.165, 1.54) is 17.4 Å². The molecule has 0 unspecified atom stereocenters. The van der Waals surface area contributed by atoms with E-state index < -0.39 is 11.6 Å². The molecule has 1 aromatic heterocycles. The first-order chi connectivity index (χ1) is 16.4. The lowest BCUT2D eigenvalue weighted by molar-refractivity contribution is -0.117. The molecule has 9 heteroatoms. The van der Waals surface area contributed by atoms with Crippen LogP contribution in [0.15, 0.2) is 47.8 Å². The molecule has 34 heavy (non-hydrogen) atoms. The minimum absolute atomic E-state index is 0.0429. The maximum absolute atomic E-state index is 13.5. The molecule has 2 aliphatic rings. The number of carbonyl (C=O) groups excluding carboxylic acids is 2. The maximum atomic E-state index is 13.5. The molecule has 0 aliphatic heterocycles. The molecule has 2 aromatic carbocycles. The third-order valence-electron chi connectivity index (χ3n) is 5.89. The summed E-state index contributed by atoms with van der Waals surface area (Å²) in [6.07, 6.45) is 4.20. The Bertz CT molecular complexity index is 1210. The number of amides is 2. The molecule has 0 spiro atoms. The summed E-state index contributed by atoms with van der Waals surface area (Å²) in [6, 6.07) is 11.8. The predicted octanol–water partition coefficient (Wildman–Crippen LogP) is 4.58. The molecular weight excluding hydrogens is 458 g/mol. The average Bonchev–Trinajstić information content (AvgIpc) is 3.75. The zero-order chi connectivity index (χ0) is 23.7. The van der Waals surface area contributed by atoms with Gasteiger partial charge < -0.3 is 10.6 Å². The second-order valence-electron chi connectivity index (χ2n) is 8.80. The molecule has 5 rings (SSSR count). The fraction of sp³-hybridized carbons (Fsp3) is 0.320. The molecule has 6 nitrogen and oxygen atoms in total. The van der Waals surface area contributed by atoms with Gasteiger partial charge in [0, 0.05) is 35.1 Å². The third-order valence-corrected chi connectivity index (χ3v) is 6.65. The Balaban J connectivity index is 1.18. The zero-order valence-electron chi connectivity index (χ0n) is 18.4. The number of hydrogen-bond donors (Lipinski definition) is 2. The van der Waals surface area contributed by atoms with Gasteiger partial charge in [0.05, 0.1) is 12.2 Å². The van der Waals surface area contributed by atoms with E-state index in [-0.39, 0.29) is 18.4 Å². The Hall–Kier alpha value is -3.17. The van der Waals surface area contributed by atoms with Crippen LogP contribution in [-0.2, 0) is 11.3 Å². The Labute approximate surface area is 200 Å². The van der Waals surface area contributed by atoms with Crippen molar-refractivity contribution in [3.8, 4) is 11.3 Å². The summed E-state index contributed by atoms with van der Waals surface area (Å²) in [5, 5.41) is 7.90. The quantitative estimate of drug-likeness (QED) is 0.468. The van der Waals surface area contributed by atoms with E-state index in [9.17, 15) is 18.4 Å². The second kappa shape index (κ2) is 9.60. The van der Waals surface area contributed by atoms with Gasteiger partial charge in [0.25, 0.3) is 5.91 Å². The Morgan fingerprint density at radius 1 is 1.03 bits per heavy atom. The number of rotatable bonds is 9. The normalized spacial score (nSPS) is 15.4. The first kappa shape index (κ1) is 22.6. The minimum atomic E-state index is -0.937. The van der Waals surface area contributed by atoms with E-state index in [0.717, 1.165) is 43.4 Å². The Morgan fingerprint density at radius 3 is 2.47 bits per heavy atom. The summed E-state index contributed by atoms with van der Waals surface area (Å²) in [4.78, 5) is 31.3. The van der Waals surface area contributed by atoms with Gasteiger partial charge in [0.2, 0.25) is 5.91 Å². The number of benzene rings is 2. The lowest BCUT2D eigenvalue weighted by Crippen LogP contribution is -2.34. The van der Waals surface area contributed by atoms with Crippen LogP contribution in [0.3, 0.4) is 0 Å². The monoisotopic (exact) mass is 482 g/mol. The molecule has 0 radical (unpaired) electrons. The van der Waals surface area contributed by atoms with Gasteiger partial charge in [0.15, 0.2) is 16.8 Å². The number of hydrogen-bond acceptors (Lipinski definition) is 5. The smallest absolute Gasteiger partial charge is 0.251 e. The molecule has 0 bridgehead atoms. The lowest BCUT2D eigenvalue weighted by atomic mass is 10.1. The van der Waals surface area contributed by atoms with Crippen LogP contribution in [0.4, 0.5) is 13.9 Å². The van der Waals surface area contributed by atoms with Crippen LogP contribution in [0.5, 0.6) is 0 Å². The number of carbonyl (C=O) groups is 2. The van der Waals surface area contributed by atoms with Crippen molar-refractivity contribution in [1.82, 2.24) is 15.2 Å². The van der Waals surface area contributed by atoms with Gasteiger partial charge in [-0.1, -0.05) is 12.1 Å². The van der Waals surface area contributed by atoms with Gasteiger partial charge in [-0.3, -0.25) is 14.5 Å². The number of anilines is 1. The molecule has 0 atom stereocenters. The third kappa shape index (κ3) is 5.66. The molecule has 0 saturated heterocycles. The van der Waals surface area contributed by atoms with Crippen molar-refractivity contribution in [2.75, 3.05) is 11.9 Å². The maximum Gasteiger partial charge on any atom is 0.251 e. The van der Waals surface area contributed by atoms with Crippen LogP contribution in [0.25, 0.3) is 11.3 Å². The Morgan fingerprint density at radius 2 is 1.79 bits per heavy atom. The predicted molar refractivity (Wildman–Crippen MR) is 126 cm³/mol. The van der Waals surface area contributed by atoms with Crippen LogP contribution >= 0.6 is 11.3 Å². The summed E-state index contributed by atoms with van der Waals surface area (Å²) in [7, 11) is 0. The summed E-state index contributed by atoms with van der Waals surface area (Å²) >= 11 is 1.23. The molecule has 3 aromatic rings. The summed E-state index contributed by atoms with van der Waals surface area (Å²) < 4.78 is 26.7. The first-order valence-electron chi connectivity index (χ1n) is 11.3. The average molecular weight is 483 g/mol. The van der Waals surface area contributed by atoms with Crippen LogP contribution in [0.1, 0.15) is 41.6 Å². The molecule has 1 heterocycles. The number of halogens is 2. The van der Waals surface area contributed by atoms with E-state index in [1.807, 2.05) is 24.3 Å². The van der Waals surface area contributed by atoms with Crippen molar-refractivity contribution in [1.29, 1.82) is 0 Å². The lowest BCUT2D eigenvalue weighted by Gasteiger charge is -2.21. The summed E-state index contributed by atoms with van der Waals surface area (Å²) in [5.74, 6) is -2.08. The minimum Gasteiger partial charge on any atom is -0.349 e. The number of aromatic nitrogens is 1. The fourth-order valence-corrected chi connectivity index (χ4v) is 4.44. The van der Waals surface area contributed by atoms with Crippen molar-refractivity contribution < 1.29 is 18.4 Å². The van der Waals surface area contributed by atoms with Gasteiger partial charge >= 0.3 is 0 Å². The van der Waals surface area contributed by atoms with Crippen LogP contribution in [-0.4, -0.2) is 40.3 Å². The highest BCUT2D eigenvalue weighted by Gasteiger charge is 2.30. The highest BCUT2D eigenvalue weighted by Crippen LogP contribution is 2.29. The molecule has 176 valence electrons. The molecule has 2 saturated carbocycles. The molecule has 2 N–H and O–H groups in total. The van der Waals surface area contributed by atoms with E-state index in [4.69, 9.17) is 0 Å². The van der Waals surface area contributed by atoms with Gasteiger partial charge in [-0.15, -0.1) is 11.3 Å². The highest BCUT2D eigenvalue weighted by molar-refractivity contribution is 7.14. The van der Waals surface area contributed by atoms with Crippen molar-refractivity contribution in [2.24, 2.45) is 0 Å². The standard InChI is InChI=1S/C25H24F2N4O2S/c26-20-10-5-17(11-21(20)27)22-14-34-25(29-22)30-23(32)13-31(19-8-9-19)12-15-1-3-16(4-2-15)24(33)28-18-6-7-18/h1-5,10-11,14,18-19H,6-9,12-13H2,(H,28,33)(H,29,30,32). The van der Waals surface area contributed by atoms with Crippen molar-refractivity contribution in [2.45, 2.75) is 44.3 Å². The van der Waals surface area contributed by atoms with Gasteiger partial charge in [-0.05, 0) is 61.6 Å². The number of nitrogens with zero attached hydrogens (tertiary/aromatic N) is 2. The highest BCUT2D eigenvalue weighted by atomic mass is 32.1. The largest absolute Gasteiger partial charge is 0.349 e. The molecule has 2 amide bonds. The van der Waals surface area contributed by atoms with Gasteiger partial charge in [-0.25, -0.2) is 13.8 Å². The summed E-state index contributed by atoms with van der Waals surface area (Å²) in [6.45, 7) is 0.829. The van der Waals surface area contributed by atoms with Gasteiger partial charge in [-0.2, -0.15) is 0 Å². The van der Waals surface area contributed by atoms with E-state index >= 15 is 0 Å². The fourth-order valence-electron chi connectivity index (χ4n) is 3.71. The topological polar surface area (TPSA) is 74.3 Å². The Kier molecular flexibility index (Phi) is 6.38. The van der Waals surface area contributed by atoms with E-state index in [0.29, 0.717) is 40.6 Å². The van der Waals surface area contributed by atoms with Crippen LogP contribution < -0.4 is 10.6 Å². The number of thiazole rings is 1. The van der Waals surface area contributed by atoms with Crippen molar-refractivity contribution in [3.63, 3.8) is 0 Å². The van der Waals surface area contributed by atoms with Gasteiger partial charge in [0.1, 0.15) is 0 Å². The van der Waals surface area contributed by atoms with Crippen LogP contribution in [0.2, 0.25) is 0 Å². The molecular formula is C25H24F2N4O2S. The zero-order valence-corrected chi connectivity index (χ0v) is 19.2. The molecule has 2 fully saturated rings. The van der Waals surface area contributed by atoms with E-state index in [1.54, 1.807) is 5.38 Å².